The van der Waals surface area contributed by atoms with E-state index in [1.807, 2.05) is 30.3 Å². The van der Waals surface area contributed by atoms with Crippen molar-refractivity contribution in [1.82, 2.24) is 0 Å². The van der Waals surface area contributed by atoms with E-state index in [1.165, 1.54) is 12.1 Å². The van der Waals surface area contributed by atoms with Gasteiger partial charge in [0.2, 0.25) is 0 Å². The van der Waals surface area contributed by atoms with Gasteiger partial charge in [-0.25, -0.2) is 4.79 Å². The van der Waals surface area contributed by atoms with Gasteiger partial charge in [-0.3, -0.25) is 9.36 Å². The number of benzene rings is 3. The fourth-order valence-corrected chi connectivity index (χ4v) is 5.42. The summed E-state index contributed by atoms with van der Waals surface area (Å²) in [6.07, 6.45) is 0. The predicted octanol–water partition coefficient (Wildman–Crippen LogP) is 5.21. The summed E-state index contributed by atoms with van der Waals surface area (Å²) in [5, 5.41) is 15.7. The second-order valence-electron chi connectivity index (χ2n) is 7.64. The number of carbonyl (C=O) groups excluding carboxylic acids is 1. The Labute approximate surface area is 203 Å². The van der Waals surface area contributed by atoms with E-state index in [4.69, 9.17) is 9.05 Å². The molecule has 0 bridgehead atoms. The van der Waals surface area contributed by atoms with Gasteiger partial charge in [0, 0.05) is 16.9 Å². The van der Waals surface area contributed by atoms with E-state index >= 15 is 0 Å². The third kappa shape index (κ3) is 5.05. The Hall–Kier alpha value is -3.71. The molecule has 0 radical (unpaired) electrons. The normalized spacial score (nSPS) is 14.3. The first kappa shape index (κ1) is 24.4. The zero-order valence-electron chi connectivity index (χ0n) is 19.3. The molecular formula is C26H25N2O6P. The second kappa shape index (κ2) is 10.3. The van der Waals surface area contributed by atoms with E-state index in [9.17, 15) is 19.3 Å². The first-order valence-electron chi connectivity index (χ1n) is 11.1. The van der Waals surface area contributed by atoms with Crippen LogP contribution in [0.2, 0.25) is 0 Å². The molecule has 0 saturated carbocycles. The molecule has 0 unspecified atom stereocenters. The summed E-state index contributed by atoms with van der Waals surface area (Å²) in [7, 11) is -3.57. The Morgan fingerprint density at radius 3 is 2.20 bits per heavy atom. The fraction of sp³-hybridized carbons (Fsp3) is 0.154. The van der Waals surface area contributed by atoms with Gasteiger partial charge in [0.15, 0.2) is 0 Å². The van der Waals surface area contributed by atoms with Crippen molar-refractivity contribution in [3.63, 3.8) is 0 Å². The monoisotopic (exact) mass is 492 g/mol. The average molecular weight is 492 g/mol. The molecule has 0 aromatic heterocycles. The summed E-state index contributed by atoms with van der Waals surface area (Å²) < 4.78 is 24.4. The molecule has 0 spiro atoms. The number of rotatable bonds is 9. The minimum atomic E-state index is -3.57. The lowest BCUT2D eigenvalue weighted by Crippen LogP contribution is -2.12. The third-order valence-corrected chi connectivity index (χ3v) is 7.48. The van der Waals surface area contributed by atoms with Crippen LogP contribution in [0.1, 0.15) is 35.3 Å². The summed E-state index contributed by atoms with van der Waals surface area (Å²) in [6.45, 7) is 3.89. The quantitative estimate of drug-likeness (QED) is 0.278. The van der Waals surface area contributed by atoms with Crippen molar-refractivity contribution in [2.75, 3.05) is 23.8 Å². The van der Waals surface area contributed by atoms with E-state index in [-0.39, 0.29) is 24.7 Å². The van der Waals surface area contributed by atoms with Gasteiger partial charge in [0.25, 0.3) is 5.91 Å². The number of carbonyl (C=O) groups is 2. The molecule has 1 aliphatic rings. The van der Waals surface area contributed by atoms with Crippen molar-refractivity contribution in [2.24, 2.45) is 0 Å². The van der Waals surface area contributed by atoms with E-state index in [1.54, 1.807) is 44.2 Å². The summed E-state index contributed by atoms with van der Waals surface area (Å²) in [5.41, 5.74) is 3.51. The number of nitrogens with one attached hydrogen (secondary N) is 2. The number of hydrogen-bond acceptors (Lipinski definition) is 6. The van der Waals surface area contributed by atoms with Gasteiger partial charge in [-0.2, -0.15) is 0 Å². The molecule has 3 N–H and O–H groups in total. The molecule has 3 aromatic carbocycles. The van der Waals surface area contributed by atoms with Crippen LogP contribution in [-0.4, -0.2) is 30.2 Å². The van der Waals surface area contributed by atoms with Gasteiger partial charge in [-0.15, -0.1) is 0 Å². The number of amides is 1. The number of carboxylic acid groups (broad SMARTS) is 1. The van der Waals surface area contributed by atoms with Crippen LogP contribution >= 0.6 is 7.60 Å². The molecule has 1 amide bonds. The Kier molecular flexibility index (Phi) is 7.17. The lowest BCUT2D eigenvalue weighted by Gasteiger charge is -2.18. The van der Waals surface area contributed by atoms with Crippen molar-refractivity contribution in [2.45, 2.75) is 13.8 Å². The Bertz CT molecular complexity index is 1330. The Morgan fingerprint density at radius 1 is 0.943 bits per heavy atom. The highest BCUT2D eigenvalue weighted by atomic mass is 31.2. The van der Waals surface area contributed by atoms with E-state index in [0.717, 1.165) is 5.56 Å². The van der Waals surface area contributed by atoms with Crippen LogP contribution in [0.15, 0.2) is 72.8 Å². The maximum atomic E-state index is 13.4. The van der Waals surface area contributed by atoms with Gasteiger partial charge >= 0.3 is 13.6 Å². The zero-order valence-corrected chi connectivity index (χ0v) is 20.2. The molecule has 0 aliphatic carbocycles. The van der Waals surface area contributed by atoms with E-state index in [0.29, 0.717) is 33.5 Å². The van der Waals surface area contributed by atoms with Crippen LogP contribution in [-0.2, 0) is 18.4 Å². The number of fused-ring (bicyclic) bond motifs is 1. The van der Waals surface area contributed by atoms with Gasteiger partial charge in [0.1, 0.15) is 0 Å². The van der Waals surface area contributed by atoms with Crippen molar-refractivity contribution in [3.8, 4) is 0 Å². The van der Waals surface area contributed by atoms with Gasteiger partial charge in [-0.1, -0.05) is 30.3 Å². The highest BCUT2D eigenvalue weighted by molar-refractivity contribution is 7.62. The molecule has 0 atom stereocenters. The van der Waals surface area contributed by atoms with Crippen LogP contribution < -0.4 is 15.9 Å². The van der Waals surface area contributed by atoms with Crippen molar-refractivity contribution in [3.05, 3.63) is 89.5 Å². The first-order valence-corrected chi connectivity index (χ1v) is 12.7. The lowest BCUT2D eigenvalue weighted by atomic mass is 10.00. The fourth-order valence-electron chi connectivity index (χ4n) is 3.82. The molecule has 4 rings (SSSR count). The molecule has 1 aliphatic heterocycles. The molecule has 180 valence electrons. The number of hydrogen-bond donors (Lipinski definition) is 3. The summed E-state index contributed by atoms with van der Waals surface area (Å²) in [4.78, 5) is 24.4. The van der Waals surface area contributed by atoms with Gasteiger partial charge < -0.3 is 24.8 Å². The summed E-state index contributed by atoms with van der Waals surface area (Å²) >= 11 is 0. The van der Waals surface area contributed by atoms with Gasteiger partial charge in [-0.05, 0) is 61.9 Å². The number of anilines is 2. The SMILES string of the molecule is CCOP(=O)(OCC)c1ccc2c(c1)/C(=C(/Nc1ccc(C(=O)O)cc1)c1ccccc1)C(=O)N2. The predicted molar refractivity (Wildman–Crippen MR) is 136 cm³/mol. The molecular weight excluding hydrogens is 467 g/mol. The third-order valence-electron chi connectivity index (χ3n) is 5.38. The van der Waals surface area contributed by atoms with E-state index < -0.39 is 13.6 Å². The van der Waals surface area contributed by atoms with Crippen LogP contribution in [0.3, 0.4) is 0 Å². The van der Waals surface area contributed by atoms with Crippen LogP contribution in [0.5, 0.6) is 0 Å². The number of carboxylic acids is 1. The summed E-state index contributed by atoms with van der Waals surface area (Å²) in [5.74, 6) is -1.35. The molecule has 3 aromatic rings. The Morgan fingerprint density at radius 2 is 1.60 bits per heavy atom. The molecule has 0 saturated heterocycles. The summed E-state index contributed by atoms with van der Waals surface area (Å²) in [6, 6.07) is 20.5. The van der Waals surface area contributed by atoms with Crippen LogP contribution in [0.25, 0.3) is 11.3 Å². The highest BCUT2D eigenvalue weighted by Crippen LogP contribution is 2.48. The van der Waals surface area contributed by atoms with Crippen LogP contribution in [0.4, 0.5) is 11.4 Å². The van der Waals surface area contributed by atoms with Crippen molar-refractivity contribution < 1.29 is 28.3 Å². The first-order chi connectivity index (χ1) is 16.9. The molecule has 0 fully saturated rings. The van der Waals surface area contributed by atoms with Gasteiger partial charge in [0.05, 0.1) is 35.4 Å². The molecule has 1 heterocycles. The minimum absolute atomic E-state index is 0.153. The maximum absolute atomic E-state index is 13.4. The standard InChI is InChI=1S/C26H25N2O6P/c1-3-33-35(32,34-4-2)20-14-15-22-21(16-20)23(25(29)28-22)24(17-8-6-5-7-9-17)27-19-12-10-18(11-13-19)26(30)31/h5-16,27H,3-4H2,1-2H3,(H,28,29)(H,30,31)/b24-23-. The smallest absolute Gasteiger partial charge is 0.361 e. The van der Waals surface area contributed by atoms with Crippen molar-refractivity contribution in [1.29, 1.82) is 0 Å². The number of aromatic carboxylic acids is 1. The highest BCUT2D eigenvalue weighted by Gasteiger charge is 2.33. The van der Waals surface area contributed by atoms with Crippen LogP contribution in [0, 0.1) is 0 Å². The molecule has 9 heteroatoms. The zero-order chi connectivity index (χ0) is 25.0. The van der Waals surface area contributed by atoms with E-state index in [2.05, 4.69) is 10.6 Å². The molecule has 35 heavy (non-hydrogen) atoms. The second-order valence-corrected chi connectivity index (χ2v) is 9.67. The largest absolute Gasteiger partial charge is 0.478 e. The minimum Gasteiger partial charge on any atom is -0.478 e. The average Bonchev–Trinajstić information content (AvgIpc) is 3.18. The topological polar surface area (TPSA) is 114 Å². The Balaban J connectivity index is 1.87. The maximum Gasteiger partial charge on any atom is 0.361 e. The lowest BCUT2D eigenvalue weighted by molar-refractivity contribution is -0.110. The van der Waals surface area contributed by atoms with Crippen molar-refractivity contribution >= 4 is 47.4 Å². The molecule has 8 nitrogen and oxygen atoms in total.